The molecule has 1 aromatic heterocycles. The lowest BCUT2D eigenvalue weighted by Gasteiger charge is -2.26. The molecule has 0 bridgehead atoms. The van der Waals surface area contributed by atoms with Crippen molar-refractivity contribution in [2.45, 2.75) is 45.6 Å². The molecule has 1 aromatic rings. The van der Waals surface area contributed by atoms with Gasteiger partial charge in [-0.15, -0.1) is 0 Å². The van der Waals surface area contributed by atoms with E-state index in [-0.39, 0.29) is 16.1 Å². The Hall–Kier alpha value is -1.85. The molecule has 0 saturated heterocycles. The minimum atomic E-state index is -0.387. The highest BCUT2D eigenvalue weighted by atomic mass is 16.6. The number of rotatable bonds is 7. The highest BCUT2D eigenvalue weighted by molar-refractivity contribution is 5.61. The minimum absolute atomic E-state index is 0.0285. The molecule has 1 fully saturated rings. The minimum Gasteiger partial charge on any atom is -0.370 e. The smallest absolute Gasteiger partial charge is 0.311 e. The highest BCUT2D eigenvalue weighted by Crippen LogP contribution is 2.42. The van der Waals surface area contributed by atoms with Gasteiger partial charge in [0.2, 0.25) is 5.82 Å². The Morgan fingerprint density at radius 2 is 2.15 bits per heavy atom. The van der Waals surface area contributed by atoms with Gasteiger partial charge in [-0.1, -0.05) is 6.92 Å². The van der Waals surface area contributed by atoms with Gasteiger partial charge >= 0.3 is 5.69 Å². The van der Waals surface area contributed by atoms with Crippen molar-refractivity contribution in [3.05, 3.63) is 22.2 Å². The molecule has 0 aliphatic heterocycles. The predicted octanol–water partition coefficient (Wildman–Crippen LogP) is 3.41. The molecule has 0 amide bonds. The number of hydrogen-bond donors (Lipinski definition) is 2. The van der Waals surface area contributed by atoms with Crippen LogP contribution in [0.4, 0.5) is 17.3 Å². The average molecular weight is 278 g/mol. The molecule has 1 aliphatic carbocycles. The second-order valence-corrected chi connectivity index (χ2v) is 5.87. The maximum absolute atomic E-state index is 11.1. The zero-order valence-corrected chi connectivity index (χ0v) is 12.3. The van der Waals surface area contributed by atoms with E-state index in [2.05, 4.69) is 36.4 Å². The van der Waals surface area contributed by atoms with E-state index in [9.17, 15) is 10.1 Å². The average Bonchev–Trinajstić information content (AvgIpc) is 3.20. The van der Waals surface area contributed by atoms with Crippen LogP contribution in [0.3, 0.4) is 0 Å². The molecule has 2 N–H and O–H groups in total. The summed E-state index contributed by atoms with van der Waals surface area (Å²) in [5.41, 5.74) is -0.137. The largest absolute Gasteiger partial charge is 0.370 e. The van der Waals surface area contributed by atoms with Crippen molar-refractivity contribution in [3.8, 4) is 0 Å². The Labute approximate surface area is 119 Å². The molecular weight excluding hydrogens is 256 g/mol. The molecule has 6 heteroatoms. The third-order valence-electron chi connectivity index (χ3n) is 3.67. The van der Waals surface area contributed by atoms with E-state index in [0.29, 0.717) is 17.6 Å². The SMILES string of the molecule is CCCNc1ccc([N+](=O)[O-])c(NC(C)(C)C2CC2)n1. The quantitative estimate of drug-likeness (QED) is 0.590. The first kappa shape index (κ1) is 14.6. The van der Waals surface area contributed by atoms with Crippen molar-refractivity contribution in [1.29, 1.82) is 0 Å². The van der Waals surface area contributed by atoms with Crippen LogP contribution >= 0.6 is 0 Å². The number of nitrogens with one attached hydrogen (secondary N) is 2. The Kier molecular flexibility index (Phi) is 4.11. The second-order valence-electron chi connectivity index (χ2n) is 5.87. The highest BCUT2D eigenvalue weighted by Gasteiger charge is 2.39. The lowest BCUT2D eigenvalue weighted by molar-refractivity contribution is -0.384. The summed E-state index contributed by atoms with van der Waals surface area (Å²) in [5, 5.41) is 17.5. The van der Waals surface area contributed by atoms with E-state index in [0.717, 1.165) is 13.0 Å². The Morgan fingerprint density at radius 3 is 2.70 bits per heavy atom. The summed E-state index contributed by atoms with van der Waals surface area (Å²) in [6.07, 6.45) is 3.32. The van der Waals surface area contributed by atoms with E-state index < -0.39 is 0 Å². The fraction of sp³-hybridized carbons (Fsp3) is 0.643. The van der Waals surface area contributed by atoms with Crippen molar-refractivity contribution in [1.82, 2.24) is 4.98 Å². The van der Waals surface area contributed by atoms with Gasteiger partial charge in [0.25, 0.3) is 0 Å². The molecule has 1 saturated carbocycles. The van der Waals surface area contributed by atoms with Crippen LogP contribution in [-0.2, 0) is 0 Å². The first-order chi connectivity index (χ1) is 9.44. The number of nitrogens with zero attached hydrogens (tertiary/aromatic N) is 2. The summed E-state index contributed by atoms with van der Waals surface area (Å²) >= 11 is 0. The summed E-state index contributed by atoms with van der Waals surface area (Å²) < 4.78 is 0. The molecule has 0 aromatic carbocycles. The van der Waals surface area contributed by atoms with Gasteiger partial charge < -0.3 is 10.6 Å². The van der Waals surface area contributed by atoms with E-state index in [1.165, 1.54) is 18.9 Å². The maximum Gasteiger partial charge on any atom is 0.311 e. The van der Waals surface area contributed by atoms with Crippen LogP contribution in [0.25, 0.3) is 0 Å². The summed E-state index contributed by atoms with van der Waals surface area (Å²) in [4.78, 5) is 15.1. The molecular formula is C14H22N4O2. The van der Waals surface area contributed by atoms with Crippen LogP contribution in [0.15, 0.2) is 12.1 Å². The molecule has 0 unspecified atom stereocenters. The third-order valence-corrected chi connectivity index (χ3v) is 3.67. The van der Waals surface area contributed by atoms with E-state index in [1.807, 2.05) is 0 Å². The monoisotopic (exact) mass is 278 g/mol. The van der Waals surface area contributed by atoms with Gasteiger partial charge in [-0.2, -0.15) is 0 Å². The summed E-state index contributed by atoms with van der Waals surface area (Å²) in [6, 6.07) is 3.17. The van der Waals surface area contributed by atoms with Crippen molar-refractivity contribution in [3.63, 3.8) is 0 Å². The number of hydrogen-bond acceptors (Lipinski definition) is 5. The lowest BCUT2D eigenvalue weighted by Crippen LogP contribution is -2.34. The molecule has 0 spiro atoms. The fourth-order valence-electron chi connectivity index (χ4n) is 2.25. The summed E-state index contributed by atoms with van der Waals surface area (Å²) in [5.74, 6) is 1.59. The zero-order valence-electron chi connectivity index (χ0n) is 12.3. The van der Waals surface area contributed by atoms with E-state index in [1.54, 1.807) is 6.07 Å². The van der Waals surface area contributed by atoms with Crippen LogP contribution in [0.5, 0.6) is 0 Å². The van der Waals surface area contributed by atoms with Gasteiger partial charge in [0, 0.05) is 18.2 Å². The molecule has 1 aliphatic rings. The zero-order chi connectivity index (χ0) is 14.8. The number of anilines is 2. The van der Waals surface area contributed by atoms with Gasteiger partial charge in [0.1, 0.15) is 5.82 Å². The summed E-state index contributed by atoms with van der Waals surface area (Å²) in [6.45, 7) is 7.01. The predicted molar refractivity (Wildman–Crippen MR) is 80.1 cm³/mol. The van der Waals surface area contributed by atoms with Crippen molar-refractivity contribution in [2.24, 2.45) is 5.92 Å². The van der Waals surface area contributed by atoms with Crippen LogP contribution in [0.1, 0.15) is 40.0 Å². The molecule has 1 heterocycles. The van der Waals surface area contributed by atoms with Crippen LogP contribution < -0.4 is 10.6 Å². The molecule has 0 atom stereocenters. The fourth-order valence-corrected chi connectivity index (χ4v) is 2.25. The number of nitro groups is 1. The van der Waals surface area contributed by atoms with Gasteiger partial charge in [0.05, 0.1) is 4.92 Å². The maximum atomic E-state index is 11.1. The van der Waals surface area contributed by atoms with Crippen LogP contribution in [0, 0.1) is 16.0 Å². The number of pyridine rings is 1. The normalized spacial score (nSPS) is 14.9. The first-order valence-electron chi connectivity index (χ1n) is 7.11. The van der Waals surface area contributed by atoms with Crippen LogP contribution in [0.2, 0.25) is 0 Å². The van der Waals surface area contributed by atoms with Gasteiger partial charge in [-0.05, 0) is 45.1 Å². The summed E-state index contributed by atoms with van der Waals surface area (Å²) in [7, 11) is 0. The topological polar surface area (TPSA) is 80.1 Å². The standard InChI is InChI=1S/C14H22N4O2/c1-4-9-15-12-8-7-11(18(19)20)13(16-12)17-14(2,3)10-5-6-10/h7-8,10H,4-6,9H2,1-3H3,(H2,15,16,17). The molecule has 6 nitrogen and oxygen atoms in total. The first-order valence-corrected chi connectivity index (χ1v) is 7.11. The molecule has 110 valence electrons. The molecule has 2 rings (SSSR count). The molecule has 0 radical (unpaired) electrons. The Bertz CT molecular complexity index is 498. The van der Waals surface area contributed by atoms with Gasteiger partial charge in [0.15, 0.2) is 0 Å². The Balaban J connectivity index is 2.24. The van der Waals surface area contributed by atoms with Crippen molar-refractivity contribution in [2.75, 3.05) is 17.2 Å². The Morgan fingerprint density at radius 1 is 1.45 bits per heavy atom. The van der Waals surface area contributed by atoms with E-state index >= 15 is 0 Å². The lowest BCUT2D eigenvalue weighted by atomic mass is 9.99. The van der Waals surface area contributed by atoms with Crippen molar-refractivity contribution < 1.29 is 4.92 Å². The number of aromatic nitrogens is 1. The third kappa shape index (κ3) is 3.37. The van der Waals surface area contributed by atoms with Gasteiger partial charge in [-0.3, -0.25) is 10.1 Å². The second kappa shape index (κ2) is 5.64. The molecule has 20 heavy (non-hydrogen) atoms. The van der Waals surface area contributed by atoms with Gasteiger partial charge in [-0.25, -0.2) is 4.98 Å². The van der Waals surface area contributed by atoms with Crippen LogP contribution in [-0.4, -0.2) is 22.0 Å². The van der Waals surface area contributed by atoms with E-state index in [4.69, 9.17) is 0 Å². The van der Waals surface area contributed by atoms with Crippen molar-refractivity contribution >= 4 is 17.3 Å².